The summed E-state index contributed by atoms with van der Waals surface area (Å²) >= 11 is 0. The zero-order valence-corrected chi connectivity index (χ0v) is 19.7. The first-order valence-corrected chi connectivity index (χ1v) is 11.8. The molecule has 0 bridgehead atoms. The molecule has 1 fully saturated rings. The third kappa shape index (κ3) is 4.69. The molecule has 6 nitrogen and oxygen atoms in total. The lowest BCUT2D eigenvalue weighted by atomic mass is 9.89. The van der Waals surface area contributed by atoms with E-state index in [1.165, 1.54) is 19.8 Å². The monoisotopic (exact) mass is 486 g/mol. The highest BCUT2D eigenvalue weighted by Gasteiger charge is 2.46. The Hall–Kier alpha value is -3.20. The van der Waals surface area contributed by atoms with Crippen LogP contribution in [0.4, 0.5) is 19.0 Å². The van der Waals surface area contributed by atoms with Crippen LogP contribution in [-0.4, -0.2) is 43.3 Å². The largest absolute Gasteiger partial charge is 0.493 e. The van der Waals surface area contributed by atoms with Gasteiger partial charge in [0.05, 0.1) is 26.0 Å². The van der Waals surface area contributed by atoms with E-state index in [0.717, 1.165) is 36.2 Å². The van der Waals surface area contributed by atoms with Gasteiger partial charge in [-0.3, -0.25) is 0 Å². The van der Waals surface area contributed by atoms with Gasteiger partial charge in [0, 0.05) is 18.1 Å². The maximum Gasteiger partial charge on any atom is 0.410 e. The number of methoxy groups -OCH3 is 2. The predicted molar refractivity (Wildman–Crippen MR) is 128 cm³/mol. The number of aromatic nitrogens is 2. The molecule has 2 N–H and O–H groups in total. The molecule has 0 aliphatic carbocycles. The lowest BCUT2D eigenvalue weighted by Gasteiger charge is -2.33. The van der Waals surface area contributed by atoms with Gasteiger partial charge in [-0.05, 0) is 55.1 Å². The fourth-order valence-corrected chi connectivity index (χ4v) is 5.08. The molecule has 2 unspecified atom stereocenters. The van der Waals surface area contributed by atoms with Gasteiger partial charge in [-0.25, -0.2) is 4.68 Å². The molecular formula is C26H29F3N4O2. The number of ether oxygens (including phenoxy) is 2. The number of halogens is 3. The molecule has 0 amide bonds. The van der Waals surface area contributed by atoms with Crippen LogP contribution in [0.5, 0.6) is 11.5 Å². The van der Waals surface area contributed by atoms with E-state index in [1.807, 2.05) is 12.1 Å². The van der Waals surface area contributed by atoms with Gasteiger partial charge < -0.3 is 20.1 Å². The van der Waals surface area contributed by atoms with Crippen LogP contribution in [0.3, 0.4) is 0 Å². The topological polar surface area (TPSA) is 60.3 Å². The van der Waals surface area contributed by atoms with E-state index in [2.05, 4.69) is 27.9 Å². The van der Waals surface area contributed by atoms with Gasteiger partial charge in [0.1, 0.15) is 5.82 Å². The van der Waals surface area contributed by atoms with Gasteiger partial charge in [0.15, 0.2) is 17.5 Å². The minimum absolute atomic E-state index is 0.179. The van der Waals surface area contributed by atoms with Crippen LogP contribution in [0.2, 0.25) is 0 Å². The maximum atomic E-state index is 14.1. The Labute approximate surface area is 202 Å². The molecule has 3 heterocycles. The first-order chi connectivity index (χ1) is 16.9. The summed E-state index contributed by atoms with van der Waals surface area (Å²) < 4.78 is 54.0. The molecule has 35 heavy (non-hydrogen) atoms. The Balaban J connectivity index is 1.45. The zero-order valence-electron chi connectivity index (χ0n) is 19.7. The van der Waals surface area contributed by atoms with Crippen LogP contribution in [-0.2, 0) is 0 Å². The van der Waals surface area contributed by atoms with Crippen molar-refractivity contribution in [2.24, 2.45) is 0 Å². The standard InChI is InChI=1S/C26H29F3N4O2/c1-34-22-8-7-19(13-23(22)35-2)20-14-24(26(27,28)29)33-25(31-20)15-21(32-33)18-5-3-16(4-6-18)17-9-11-30-12-10-17/h3-8,13,15,17,20,24,30-31H,9-12,14H2,1-2H3. The molecule has 0 radical (unpaired) electrons. The summed E-state index contributed by atoms with van der Waals surface area (Å²) in [5, 5.41) is 11.0. The number of rotatable bonds is 5. The van der Waals surface area contributed by atoms with Gasteiger partial charge in [-0.2, -0.15) is 18.3 Å². The molecule has 2 aromatic carbocycles. The second-order valence-electron chi connectivity index (χ2n) is 9.11. The van der Waals surface area contributed by atoms with Crippen LogP contribution in [0, 0.1) is 0 Å². The molecule has 2 aliphatic heterocycles. The molecule has 2 aliphatic rings. The van der Waals surface area contributed by atoms with Crippen molar-refractivity contribution in [1.82, 2.24) is 15.1 Å². The summed E-state index contributed by atoms with van der Waals surface area (Å²) in [5.41, 5.74) is 3.28. The highest BCUT2D eigenvalue weighted by Crippen LogP contribution is 2.45. The van der Waals surface area contributed by atoms with Crippen molar-refractivity contribution in [1.29, 1.82) is 0 Å². The summed E-state index contributed by atoms with van der Waals surface area (Å²) in [6.07, 6.45) is -2.44. The molecule has 0 saturated carbocycles. The Morgan fingerprint density at radius 3 is 2.26 bits per heavy atom. The first-order valence-electron chi connectivity index (χ1n) is 11.8. The Kier molecular flexibility index (Phi) is 6.35. The molecular weight excluding hydrogens is 457 g/mol. The maximum absolute atomic E-state index is 14.1. The van der Waals surface area contributed by atoms with Crippen molar-refractivity contribution in [3.05, 3.63) is 59.7 Å². The number of hydrogen-bond donors (Lipinski definition) is 2. The summed E-state index contributed by atoms with van der Waals surface area (Å²) in [4.78, 5) is 0. The highest BCUT2D eigenvalue weighted by atomic mass is 19.4. The fraction of sp³-hybridized carbons (Fsp3) is 0.423. The number of nitrogens with one attached hydrogen (secondary N) is 2. The number of hydrogen-bond acceptors (Lipinski definition) is 5. The number of piperidine rings is 1. The van der Waals surface area contributed by atoms with E-state index in [9.17, 15) is 13.2 Å². The zero-order chi connectivity index (χ0) is 24.6. The molecule has 0 spiro atoms. The number of anilines is 1. The molecule has 5 rings (SSSR count). The van der Waals surface area contributed by atoms with Crippen LogP contribution < -0.4 is 20.1 Å². The smallest absolute Gasteiger partial charge is 0.410 e. The summed E-state index contributed by atoms with van der Waals surface area (Å²) in [6.45, 7) is 2.01. The van der Waals surface area contributed by atoms with E-state index >= 15 is 0 Å². The Morgan fingerprint density at radius 2 is 1.60 bits per heavy atom. The average Bonchev–Trinajstić information content (AvgIpc) is 3.32. The summed E-state index contributed by atoms with van der Waals surface area (Å²) in [6, 6.07) is 12.7. The Bertz CT molecular complexity index is 1170. The third-order valence-electron chi connectivity index (χ3n) is 7.02. The second-order valence-corrected chi connectivity index (χ2v) is 9.11. The molecule has 2 atom stereocenters. The van der Waals surface area contributed by atoms with Crippen LogP contribution in [0.1, 0.15) is 48.4 Å². The van der Waals surface area contributed by atoms with E-state index in [0.29, 0.717) is 34.5 Å². The van der Waals surface area contributed by atoms with Crippen molar-refractivity contribution in [3.63, 3.8) is 0 Å². The normalized spacial score (nSPS) is 20.7. The van der Waals surface area contributed by atoms with Crippen molar-refractivity contribution < 1.29 is 22.6 Å². The number of benzene rings is 2. The quantitative estimate of drug-likeness (QED) is 0.485. The van der Waals surface area contributed by atoms with Crippen LogP contribution in [0.15, 0.2) is 48.5 Å². The first kappa shape index (κ1) is 23.5. The third-order valence-corrected chi connectivity index (χ3v) is 7.02. The molecule has 3 aromatic rings. The molecule has 1 saturated heterocycles. The lowest BCUT2D eigenvalue weighted by Crippen LogP contribution is -2.35. The summed E-state index contributed by atoms with van der Waals surface area (Å²) in [5.74, 6) is 1.86. The van der Waals surface area contributed by atoms with E-state index in [-0.39, 0.29) is 6.42 Å². The van der Waals surface area contributed by atoms with Crippen molar-refractivity contribution in [2.45, 2.75) is 43.4 Å². The molecule has 1 aromatic heterocycles. The number of fused-ring (bicyclic) bond motifs is 1. The van der Waals surface area contributed by atoms with Crippen LogP contribution in [0.25, 0.3) is 11.3 Å². The SMILES string of the molecule is COc1ccc(C2CC(C(F)(F)F)n3nc(-c4ccc(C5CCNCC5)cc4)cc3N2)cc1OC. The van der Waals surface area contributed by atoms with E-state index < -0.39 is 18.3 Å². The minimum atomic E-state index is -4.44. The number of alkyl halides is 3. The van der Waals surface area contributed by atoms with Crippen molar-refractivity contribution in [3.8, 4) is 22.8 Å². The molecule has 186 valence electrons. The second kappa shape index (κ2) is 9.45. The van der Waals surface area contributed by atoms with Crippen molar-refractivity contribution >= 4 is 5.82 Å². The highest BCUT2D eigenvalue weighted by molar-refractivity contribution is 5.64. The van der Waals surface area contributed by atoms with E-state index in [4.69, 9.17) is 9.47 Å². The fourth-order valence-electron chi connectivity index (χ4n) is 5.08. The lowest BCUT2D eigenvalue weighted by molar-refractivity contribution is -0.173. The average molecular weight is 487 g/mol. The van der Waals surface area contributed by atoms with Gasteiger partial charge in [-0.1, -0.05) is 30.3 Å². The van der Waals surface area contributed by atoms with Gasteiger partial charge in [0.25, 0.3) is 0 Å². The van der Waals surface area contributed by atoms with E-state index in [1.54, 1.807) is 24.3 Å². The van der Waals surface area contributed by atoms with Crippen molar-refractivity contribution in [2.75, 3.05) is 32.6 Å². The van der Waals surface area contributed by atoms with Gasteiger partial charge in [0.2, 0.25) is 0 Å². The predicted octanol–water partition coefficient (Wildman–Crippen LogP) is 5.69. The van der Waals surface area contributed by atoms with Gasteiger partial charge >= 0.3 is 6.18 Å². The van der Waals surface area contributed by atoms with Gasteiger partial charge in [-0.15, -0.1) is 0 Å². The minimum Gasteiger partial charge on any atom is -0.493 e. The molecule has 9 heteroatoms. The Morgan fingerprint density at radius 1 is 0.914 bits per heavy atom. The van der Waals surface area contributed by atoms with Crippen LogP contribution >= 0.6 is 0 Å². The summed E-state index contributed by atoms with van der Waals surface area (Å²) in [7, 11) is 3.03. The number of nitrogens with zero attached hydrogens (tertiary/aromatic N) is 2.